The number of hydrogen-bond acceptors (Lipinski definition) is 5. The normalized spacial score (nSPS) is 20.0. The molecule has 2 fully saturated rings. The van der Waals surface area contributed by atoms with Crippen molar-refractivity contribution in [2.45, 2.75) is 25.1 Å². The number of nitrogens with two attached hydrogens (primary N) is 1. The maximum atomic E-state index is 12.7. The van der Waals surface area contributed by atoms with E-state index in [1.54, 1.807) is 6.20 Å². The quantitative estimate of drug-likeness (QED) is 0.783. The molecule has 2 aromatic heterocycles. The molecule has 0 unspecified atom stereocenters. The number of alkyl halides is 3. The highest BCUT2D eigenvalue weighted by atomic mass is 35.5. The van der Waals surface area contributed by atoms with E-state index in [2.05, 4.69) is 9.97 Å². The molecule has 4 rings (SSSR count). The van der Waals surface area contributed by atoms with Crippen molar-refractivity contribution >= 4 is 38.7 Å². The molecule has 0 bridgehead atoms. The van der Waals surface area contributed by atoms with Gasteiger partial charge in [0.2, 0.25) is 0 Å². The molecule has 28 heavy (non-hydrogen) atoms. The number of nitrogens with zero attached hydrogens (tertiary/aromatic N) is 5. The highest BCUT2D eigenvalue weighted by Crippen LogP contribution is 2.52. The summed E-state index contributed by atoms with van der Waals surface area (Å²) in [6, 6.07) is -0.742. The van der Waals surface area contributed by atoms with Crippen LogP contribution in [0.2, 0.25) is 5.02 Å². The number of halogens is 4. The third-order valence-corrected chi connectivity index (χ3v) is 6.81. The zero-order valence-electron chi connectivity index (χ0n) is 14.8. The van der Waals surface area contributed by atoms with Crippen LogP contribution in [0.25, 0.3) is 11.0 Å². The van der Waals surface area contributed by atoms with Crippen molar-refractivity contribution in [1.82, 2.24) is 18.8 Å². The predicted octanol–water partition coefficient (Wildman–Crippen LogP) is 1.66. The largest absolute Gasteiger partial charge is 0.402 e. The lowest BCUT2D eigenvalue weighted by atomic mass is 9.60. The minimum absolute atomic E-state index is 0.231. The molecule has 1 aliphatic heterocycles. The molecule has 2 aromatic rings. The summed E-state index contributed by atoms with van der Waals surface area (Å²) in [5.74, 6) is 0.701. The van der Waals surface area contributed by atoms with E-state index in [1.165, 1.54) is 6.33 Å². The Balaban J connectivity index is 1.47. The van der Waals surface area contributed by atoms with E-state index < -0.39 is 29.0 Å². The summed E-state index contributed by atoms with van der Waals surface area (Å²) in [5.41, 5.74) is 1.18. The van der Waals surface area contributed by atoms with Gasteiger partial charge in [-0.1, -0.05) is 11.6 Å². The van der Waals surface area contributed by atoms with Gasteiger partial charge in [-0.05, 0) is 12.8 Å². The minimum atomic E-state index is -4.64. The van der Waals surface area contributed by atoms with Crippen LogP contribution < -0.4 is 10.0 Å². The van der Waals surface area contributed by atoms with Gasteiger partial charge in [-0.25, -0.2) is 15.1 Å². The first kappa shape index (κ1) is 19.7. The fourth-order valence-corrected chi connectivity index (χ4v) is 5.49. The van der Waals surface area contributed by atoms with Crippen LogP contribution in [0.3, 0.4) is 0 Å². The number of hydrogen-bond donors (Lipinski definition) is 1. The summed E-state index contributed by atoms with van der Waals surface area (Å²) in [7, 11) is -2.60. The third-order valence-electron chi connectivity index (χ3n) is 5.45. The van der Waals surface area contributed by atoms with Crippen molar-refractivity contribution in [2.75, 3.05) is 24.5 Å². The number of rotatable bonds is 4. The van der Waals surface area contributed by atoms with Gasteiger partial charge in [0.25, 0.3) is 10.2 Å². The molecule has 8 nitrogen and oxygen atoms in total. The highest BCUT2D eigenvalue weighted by molar-refractivity contribution is 7.86. The summed E-state index contributed by atoms with van der Waals surface area (Å²) in [6.07, 6.45) is -0.819. The molecule has 1 spiro atoms. The van der Waals surface area contributed by atoms with Crippen molar-refractivity contribution in [1.29, 1.82) is 0 Å². The van der Waals surface area contributed by atoms with Crippen LogP contribution in [0, 0.1) is 5.41 Å². The second kappa shape index (κ2) is 6.18. The molecular formula is C15H18ClF3N6O2S. The minimum Gasteiger partial charge on any atom is -0.354 e. The van der Waals surface area contributed by atoms with Crippen molar-refractivity contribution in [3.8, 4) is 0 Å². The first-order valence-electron chi connectivity index (χ1n) is 8.45. The Bertz CT molecular complexity index is 1030. The molecule has 2 N–H and O–H groups in total. The molecule has 3 heterocycles. The summed E-state index contributed by atoms with van der Waals surface area (Å²) in [5, 5.41) is 5.51. The Labute approximate surface area is 164 Å². The Hall–Kier alpha value is -1.63. The first-order chi connectivity index (χ1) is 12.9. The van der Waals surface area contributed by atoms with Crippen molar-refractivity contribution < 1.29 is 21.6 Å². The van der Waals surface area contributed by atoms with Gasteiger partial charge < -0.3 is 9.47 Å². The predicted molar refractivity (Wildman–Crippen MR) is 97.1 cm³/mol. The first-order valence-corrected chi connectivity index (χ1v) is 10.3. The Kier molecular flexibility index (Phi) is 4.34. The lowest BCUT2D eigenvalue weighted by molar-refractivity contribution is -0.147. The summed E-state index contributed by atoms with van der Waals surface area (Å²) < 4.78 is 63.5. The van der Waals surface area contributed by atoms with Crippen LogP contribution in [0.1, 0.15) is 12.8 Å². The summed E-state index contributed by atoms with van der Waals surface area (Å²) >= 11 is 6.16. The van der Waals surface area contributed by atoms with Crippen LogP contribution >= 0.6 is 11.6 Å². The second-order valence-electron chi connectivity index (χ2n) is 7.61. The van der Waals surface area contributed by atoms with Gasteiger partial charge in [-0.15, -0.1) is 0 Å². The SMILES string of the molecule is Cn1cc(Cl)c2ncnc(N3CC4(CC(N(CC(F)(F)F)S(N)(=O)=O)C4)C3)c21. The third kappa shape index (κ3) is 3.31. The van der Waals surface area contributed by atoms with E-state index in [9.17, 15) is 21.6 Å². The zero-order chi connectivity index (χ0) is 20.5. The number of aromatic nitrogens is 3. The Morgan fingerprint density at radius 1 is 1.36 bits per heavy atom. The van der Waals surface area contributed by atoms with Crippen LogP contribution in [-0.4, -0.2) is 59.1 Å². The molecule has 13 heteroatoms. The fourth-order valence-electron chi connectivity index (χ4n) is 4.31. The monoisotopic (exact) mass is 438 g/mol. The Morgan fingerprint density at radius 3 is 2.57 bits per heavy atom. The number of fused-ring (bicyclic) bond motifs is 1. The Morgan fingerprint density at radius 2 is 2.00 bits per heavy atom. The summed E-state index contributed by atoms with van der Waals surface area (Å²) in [6.45, 7) is -0.420. The zero-order valence-corrected chi connectivity index (χ0v) is 16.4. The van der Waals surface area contributed by atoms with Gasteiger partial charge in [-0.2, -0.15) is 25.9 Å². The standard InChI is InChI=1S/C15H18ClF3N6O2S/c1-23-4-10(16)11-12(23)13(22-8-21-11)24-5-14(6-24)2-9(3-14)25(28(20,26)27)7-15(17,18)19/h4,8-9H,2-3,5-7H2,1H3,(H2,20,26,27). The lowest BCUT2D eigenvalue weighted by Gasteiger charge is -2.60. The molecule has 0 radical (unpaired) electrons. The van der Waals surface area contributed by atoms with E-state index in [1.807, 2.05) is 16.5 Å². The van der Waals surface area contributed by atoms with Crippen LogP contribution in [0.4, 0.5) is 19.0 Å². The molecule has 0 amide bonds. The second-order valence-corrected chi connectivity index (χ2v) is 9.51. The molecule has 2 aliphatic rings. The van der Waals surface area contributed by atoms with Crippen molar-refractivity contribution in [3.05, 3.63) is 17.5 Å². The van der Waals surface area contributed by atoms with E-state index >= 15 is 0 Å². The average molecular weight is 439 g/mol. The van der Waals surface area contributed by atoms with Gasteiger partial charge in [0, 0.05) is 37.8 Å². The van der Waals surface area contributed by atoms with E-state index in [4.69, 9.17) is 16.7 Å². The van der Waals surface area contributed by atoms with Crippen LogP contribution in [0.15, 0.2) is 12.5 Å². The maximum absolute atomic E-state index is 12.7. The highest BCUT2D eigenvalue weighted by Gasteiger charge is 2.57. The fraction of sp³-hybridized carbons (Fsp3) is 0.600. The van der Waals surface area contributed by atoms with Gasteiger partial charge in [0.1, 0.15) is 23.9 Å². The molecule has 154 valence electrons. The smallest absolute Gasteiger partial charge is 0.354 e. The van der Waals surface area contributed by atoms with E-state index in [0.29, 0.717) is 46.6 Å². The van der Waals surface area contributed by atoms with Crippen molar-refractivity contribution in [3.63, 3.8) is 0 Å². The van der Waals surface area contributed by atoms with Gasteiger partial charge >= 0.3 is 6.18 Å². The number of anilines is 1. The molecule has 1 aliphatic carbocycles. The average Bonchev–Trinajstić information content (AvgIpc) is 2.77. The van der Waals surface area contributed by atoms with Crippen LogP contribution in [-0.2, 0) is 17.3 Å². The lowest BCUT2D eigenvalue weighted by Crippen LogP contribution is -2.68. The van der Waals surface area contributed by atoms with Gasteiger partial charge in [-0.3, -0.25) is 0 Å². The van der Waals surface area contributed by atoms with E-state index in [-0.39, 0.29) is 5.41 Å². The molecule has 1 saturated carbocycles. The van der Waals surface area contributed by atoms with Crippen molar-refractivity contribution in [2.24, 2.45) is 17.6 Å². The van der Waals surface area contributed by atoms with Gasteiger partial charge in [0.15, 0.2) is 5.82 Å². The number of aryl methyl sites for hydroxylation is 1. The van der Waals surface area contributed by atoms with E-state index in [0.717, 1.165) is 5.52 Å². The maximum Gasteiger partial charge on any atom is 0.402 e. The topological polar surface area (TPSA) is 97.3 Å². The summed E-state index contributed by atoms with van der Waals surface area (Å²) in [4.78, 5) is 10.5. The molecule has 0 aromatic carbocycles. The van der Waals surface area contributed by atoms with Gasteiger partial charge in [0.05, 0.1) is 5.02 Å². The molecule has 1 saturated heterocycles. The van der Waals surface area contributed by atoms with Crippen LogP contribution in [0.5, 0.6) is 0 Å². The molecule has 0 atom stereocenters. The molecular weight excluding hydrogens is 421 g/mol.